The van der Waals surface area contributed by atoms with E-state index in [1.807, 2.05) is 30.0 Å². The van der Waals surface area contributed by atoms with E-state index in [2.05, 4.69) is 21.2 Å². The van der Waals surface area contributed by atoms with Crippen LogP contribution in [-0.4, -0.2) is 26.0 Å². The predicted molar refractivity (Wildman–Crippen MR) is 74.0 cm³/mol. The highest BCUT2D eigenvalue weighted by Crippen LogP contribution is 2.27. The first-order valence-electron chi connectivity index (χ1n) is 5.57. The summed E-state index contributed by atoms with van der Waals surface area (Å²) in [5.41, 5.74) is 7.78. The first-order chi connectivity index (χ1) is 8.13. The van der Waals surface area contributed by atoms with Crippen molar-refractivity contribution in [2.45, 2.75) is 13.5 Å². The van der Waals surface area contributed by atoms with Crippen LogP contribution in [0.5, 0.6) is 0 Å². The van der Waals surface area contributed by atoms with Crippen molar-refractivity contribution < 1.29 is 4.79 Å². The third-order valence-corrected chi connectivity index (χ3v) is 3.38. The number of hydrogen-bond acceptors (Lipinski definition) is 3. The molecule has 0 unspecified atom stereocenters. The van der Waals surface area contributed by atoms with Crippen molar-refractivity contribution in [3.63, 3.8) is 0 Å². The van der Waals surface area contributed by atoms with Crippen molar-refractivity contribution in [1.29, 1.82) is 0 Å². The van der Waals surface area contributed by atoms with E-state index < -0.39 is 0 Å². The molecule has 0 bridgehead atoms. The Balaban J connectivity index is 3.03. The van der Waals surface area contributed by atoms with Crippen LogP contribution in [0.15, 0.2) is 22.7 Å². The van der Waals surface area contributed by atoms with Gasteiger partial charge in [-0.15, -0.1) is 0 Å². The molecule has 0 aromatic heterocycles. The van der Waals surface area contributed by atoms with Gasteiger partial charge in [0.05, 0.1) is 6.54 Å². The summed E-state index contributed by atoms with van der Waals surface area (Å²) in [6, 6.07) is 5.89. The Morgan fingerprint density at radius 3 is 2.76 bits per heavy atom. The minimum atomic E-state index is -0.00482. The molecule has 94 valence electrons. The van der Waals surface area contributed by atoms with Gasteiger partial charge in [0.15, 0.2) is 0 Å². The van der Waals surface area contributed by atoms with E-state index in [0.717, 1.165) is 22.3 Å². The number of benzene rings is 1. The molecular weight excluding hydrogens is 282 g/mol. The van der Waals surface area contributed by atoms with Crippen molar-refractivity contribution in [3.05, 3.63) is 28.2 Å². The average molecular weight is 300 g/mol. The summed E-state index contributed by atoms with van der Waals surface area (Å²) >= 11 is 3.48. The smallest absolute Gasteiger partial charge is 0.239 e. The van der Waals surface area contributed by atoms with Gasteiger partial charge in [-0.05, 0) is 19.1 Å². The second-order valence-corrected chi connectivity index (χ2v) is 4.48. The molecule has 1 aromatic carbocycles. The molecule has 1 amide bonds. The first kappa shape index (κ1) is 14.0. The van der Waals surface area contributed by atoms with Crippen LogP contribution in [0.3, 0.4) is 0 Å². The predicted octanol–water partition coefficient (Wildman–Crippen LogP) is 1.48. The van der Waals surface area contributed by atoms with E-state index in [9.17, 15) is 4.79 Å². The summed E-state index contributed by atoms with van der Waals surface area (Å²) < 4.78 is 0.979. The fourth-order valence-corrected chi connectivity index (χ4v) is 2.18. The molecule has 0 atom stereocenters. The van der Waals surface area contributed by atoms with Gasteiger partial charge in [-0.3, -0.25) is 4.79 Å². The van der Waals surface area contributed by atoms with E-state index in [-0.39, 0.29) is 5.91 Å². The molecule has 17 heavy (non-hydrogen) atoms. The molecule has 0 aliphatic carbocycles. The monoisotopic (exact) mass is 299 g/mol. The topological polar surface area (TPSA) is 58.4 Å². The van der Waals surface area contributed by atoms with Crippen LogP contribution in [0, 0.1) is 0 Å². The third-order valence-electron chi connectivity index (χ3n) is 2.63. The molecule has 1 rings (SSSR count). The number of nitrogens with one attached hydrogen (secondary N) is 1. The van der Waals surface area contributed by atoms with Gasteiger partial charge in [-0.2, -0.15) is 0 Å². The van der Waals surface area contributed by atoms with Crippen molar-refractivity contribution in [1.82, 2.24) is 5.32 Å². The average Bonchev–Trinajstić information content (AvgIpc) is 2.35. The molecule has 0 heterocycles. The normalized spacial score (nSPS) is 10.1. The molecule has 0 saturated carbocycles. The number of nitrogens with zero attached hydrogens (tertiary/aromatic N) is 1. The van der Waals surface area contributed by atoms with Gasteiger partial charge in [-0.1, -0.05) is 22.0 Å². The maximum absolute atomic E-state index is 11.4. The molecule has 0 fully saturated rings. The zero-order valence-corrected chi connectivity index (χ0v) is 11.8. The lowest BCUT2D eigenvalue weighted by atomic mass is 10.1. The number of hydrogen-bond donors (Lipinski definition) is 2. The summed E-state index contributed by atoms with van der Waals surface area (Å²) in [7, 11) is 1.64. The van der Waals surface area contributed by atoms with Gasteiger partial charge in [0, 0.05) is 35.9 Å². The lowest BCUT2D eigenvalue weighted by Gasteiger charge is -2.25. The highest BCUT2D eigenvalue weighted by atomic mass is 79.9. The number of carbonyl (C=O) groups excluding carboxylic acids is 1. The number of nitrogens with two attached hydrogens (primary N) is 1. The van der Waals surface area contributed by atoms with Gasteiger partial charge in [-0.25, -0.2) is 0 Å². The molecule has 5 heteroatoms. The molecule has 0 aliphatic rings. The SMILES string of the molecule is CCN(CC(=O)NC)c1cccc(Br)c1CN. The molecule has 4 nitrogen and oxygen atoms in total. The number of amides is 1. The van der Waals surface area contributed by atoms with Crippen LogP contribution < -0.4 is 16.0 Å². The highest BCUT2D eigenvalue weighted by Gasteiger charge is 2.13. The first-order valence-corrected chi connectivity index (χ1v) is 6.36. The van der Waals surface area contributed by atoms with E-state index >= 15 is 0 Å². The second-order valence-electron chi connectivity index (χ2n) is 3.63. The second kappa shape index (κ2) is 6.61. The van der Waals surface area contributed by atoms with Gasteiger partial charge in [0.1, 0.15) is 0 Å². The van der Waals surface area contributed by atoms with Gasteiger partial charge < -0.3 is 16.0 Å². The molecular formula is C12H18BrN3O. The number of rotatable bonds is 5. The van der Waals surface area contributed by atoms with Crippen molar-refractivity contribution in [2.24, 2.45) is 5.73 Å². The van der Waals surface area contributed by atoms with Gasteiger partial charge >= 0.3 is 0 Å². The number of carbonyl (C=O) groups is 1. The van der Waals surface area contributed by atoms with Crippen LogP contribution in [0.2, 0.25) is 0 Å². The summed E-state index contributed by atoms with van der Waals surface area (Å²) in [4.78, 5) is 13.4. The molecule has 3 N–H and O–H groups in total. The summed E-state index contributed by atoms with van der Waals surface area (Å²) in [6.07, 6.45) is 0. The standard InChI is InChI=1S/C12H18BrN3O/c1-3-16(8-12(17)15-2)11-6-4-5-10(13)9(11)7-14/h4-6H,3,7-8,14H2,1-2H3,(H,15,17). The molecule has 0 radical (unpaired) electrons. The van der Waals surface area contributed by atoms with Crippen molar-refractivity contribution >= 4 is 27.5 Å². The summed E-state index contributed by atoms with van der Waals surface area (Å²) in [5, 5.41) is 2.63. The van der Waals surface area contributed by atoms with Gasteiger partial charge in [0.25, 0.3) is 0 Å². The zero-order valence-electron chi connectivity index (χ0n) is 10.2. The van der Waals surface area contributed by atoms with Crippen LogP contribution in [0.1, 0.15) is 12.5 Å². The highest BCUT2D eigenvalue weighted by molar-refractivity contribution is 9.10. The van der Waals surface area contributed by atoms with Crippen LogP contribution in [-0.2, 0) is 11.3 Å². The van der Waals surface area contributed by atoms with Crippen LogP contribution in [0.4, 0.5) is 5.69 Å². The fourth-order valence-electron chi connectivity index (χ4n) is 1.67. The Morgan fingerprint density at radius 1 is 1.53 bits per heavy atom. The zero-order chi connectivity index (χ0) is 12.8. The van der Waals surface area contributed by atoms with E-state index in [0.29, 0.717) is 13.1 Å². The lowest BCUT2D eigenvalue weighted by Crippen LogP contribution is -2.36. The fraction of sp³-hybridized carbons (Fsp3) is 0.417. The van der Waals surface area contributed by atoms with Crippen molar-refractivity contribution in [2.75, 3.05) is 25.0 Å². The molecule has 1 aromatic rings. The largest absolute Gasteiger partial charge is 0.362 e. The minimum absolute atomic E-state index is 0.00482. The van der Waals surface area contributed by atoms with E-state index in [4.69, 9.17) is 5.73 Å². The Morgan fingerprint density at radius 2 is 2.24 bits per heavy atom. The van der Waals surface area contributed by atoms with E-state index in [1.54, 1.807) is 7.05 Å². The molecule has 0 saturated heterocycles. The quantitative estimate of drug-likeness (QED) is 0.866. The molecule has 0 aliphatic heterocycles. The Hall–Kier alpha value is -1.07. The number of anilines is 1. The number of likely N-dealkylation sites (N-methyl/N-ethyl adjacent to an activating group) is 2. The lowest BCUT2D eigenvalue weighted by molar-refractivity contribution is -0.119. The van der Waals surface area contributed by atoms with Crippen LogP contribution in [0.25, 0.3) is 0 Å². The summed E-state index contributed by atoms with van der Waals surface area (Å²) in [6.45, 7) is 3.57. The summed E-state index contributed by atoms with van der Waals surface area (Å²) in [5.74, 6) is -0.00482. The molecule has 0 spiro atoms. The Kier molecular flexibility index (Phi) is 5.44. The Labute approximate surface area is 110 Å². The van der Waals surface area contributed by atoms with Gasteiger partial charge in [0.2, 0.25) is 5.91 Å². The number of halogens is 1. The maximum atomic E-state index is 11.4. The Bertz CT molecular complexity index is 395. The maximum Gasteiger partial charge on any atom is 0.239 e. The minimum Gasteiger partial charge on any atom is -0.362 e. The third kappa shape index (κ3) is 3.44. The van der Waals surface area contributed by atoms with E-state index in [1.165, 1.54) is 0 Å². The van der Waals surface area contributed by atoms with Crippen molar-refractivity contribution in [3.8, 4) is 0 Å². The van der Waals surface area contributed by atoms with Crippen LogP contribution >= 0.6 is 15.9 Å².